The maximum atomic E-state index is 13.2. The lowest BCUT2D eigenvalue weighted by molar-refractivity contribution is -0.140. The zero-order valence-corrected chi connectivity index (χ0v) is 20.7. The van der Waals surface area contributed by atoms with Gasteiger partial charge in [-0.15, -0.1) is 0 Å². The molecular formula is C27H34N2O5. The van der Waals surface area contributed by atoms with Crippen molar-refractivity contribution in [2.45, 2.75) is 45.8 Å². The van der Waals surface area contributed by atoms with Gasteiger partial charge in [0.15, 0.2) is 11.5 Å². The number of rotatable bonds is 9. The van der Waals surface area contributed by atoms with Crippen LogP contribution in [0.3, 0.4) is 0 Å². The molecule has 0 radical (unpaired) electrons. The number of aliphatic hydroxyl groups is 1. The van der Waals surface area contributed by atoms with Crippen molar-refractivity contribution in [3.05, 3.63) is 65.2 Å². The second kappa shape index (κ2) is 10.7. The number of ether oxygens (including phenoxy) is 2. The van der Waals surface area contributed by atoms with E-state index in [1.54, 1.807) is 54.5 Å². The number of aliphatic hydroxyl groups excluding tert-OH is 1. The van der Waals surface area contributed by atoms with Crippen LogP contribution in [0.5, 0.6) is 11.5 Å². The Balaban J connectivity index is 2.13. The number of amides is 1. The van der Waals surface area contributed by atoms with Gasteiger partial charge in [0.05, 0.1) is 25.8 Å². The number of hydrogen-bond donors (Lipinski definition) is 1. The Hall–Kier alpha value is -3.32. The van der Waals surface area contributed by atoms with Crippen LogP contribution in [0.1, 0.15) is 44.9 Å². The lowest BCUT2D eigenvalue weighted by Gasteiger charge is -2.33. The van der Waals surface area contributed by atoms with Crippen LogP contribution in [-0.4, -0.2) is 66.0 Å². The highest BCUT2D eigenvalue weighted by Gasteiger charge is 2.46. The van der Waals surface area contributed by atoms with E-state index >= 15 is 0 Å². The van der Waals surface area contributed by atoms with Crippen LogP contribution in [0.2, 0.25) is 0 Å². The Bertz CT molecular complexity index is 1050. The molecule has 7 nitrogen and oxygen atoms in total. The molecule has 1 amide bonds. The van der Waals surface area contributed by atoms with Crippen LogP contribution in [-0.2, 0) is 9.59 Å². The number of Topliss-reactive ketones (excluding diaryl/α,β-unsaturated/α-hetero) is 1. The van der Waals surface area contributed by atoms with E-state index in [2.05, 4.69) is 32.6 Å². The number of hydrogen-bond acceptors (Lipinski definition) is 6. The summed E-state index contributed by atoms with van der Waals surface area (Å²) in [6, 6.07) is 13.9. The van der Waals surface area contributed by atoms with Crippen LogP contribution >= 0.6 is 0 Å². The molecule has 0 bridgehead atoms. The summed E-state index contributed by atoms with van der Waals surface area (Å²) in [7, 11) is 3.08. The molecule has 0 saturated carbocycles. The van der Waals surface area contributed by atoms with Gasteiger partial charge in [0, 0.05) is 30.7 Å². The van der Waals surface area contributed by atoms with Crippen LogP contribution in [0.4, 0.5) is 0 Å². The third-order valence-electron chi connectivity index (χ3n) is 6.24. The largest absolute Gasteiger partial charge is 0.507 e. The average molecular weight is 467 g/mol. The highest BCUT2D eigenvalue weighted by molar-refractivity contribution is 6.46. The number of likely N-dealkylation sites (tertiary alicyclic amines) is 1. The molecule has 1 saturated heterocycles. The number of carbonyl (C=O) groups excluding carboxylic acids is 2. The average Bonchev–Trinajstić information content (AvgIpc) is 3.08. The van der Waals surface area contributed by atoms with E-state index in [0.29, 0.717) is 35.7 Å². The van der Waals surface area contributed by atoms with Gasteiger partial charge in [0.1, 0.15) is 5.76 Å². The summed E-state index contributed by atoms with van der Waals surface area (Å²) in [4.78, 5) is 30.3. The van der Waals surface area contributed by atoms with Gasteiger partial charge in [0.2, 0.25) is 0 Å². The van der Waals surface area contributed by atoms with Crippen molar-refractivity contribution in [2.75, 3.05) is 27.3 Å². The second-order valence-electron chi connectivity index (χ2n) is 8.90. The SMILES string of the molecule is COc1ccc([C@@H]2C(=C(O)c3ccccc3)C(=O)C(=O)N2CCN(C(C)C)C(C)C)cc1OC. The van der Waals surface area contributed by atoms with E-state index in [0.717, 1.165) is 0 Å². The van der Waals surface area contributed by atoms with E-state index in [1.807, 2.05) is 6.07 Å². The summed E-state index contributed by atoms with van der Waals surface area (Å²) >= 11 is 0. The predicted molar refractivity (Wildman–Crippen MR) is 132 cm³/mol. The quantitative estimate of drug-likeness (QED) is 0.338. The first-order valence-electron chi connectivity index (χ1n) is 11.5. The minimum Gasteiger partial charge on any atom is -0.507 e. The van der Waals surface area contributed by atoms with E-state index in [-0.39, 0.29) is 23.4 Å². The monoisotopic (exact) mass is 466 g/mol. The third kappa shape index (κ3) is 4.94. The summed E-state index contributed by atoms with van der Waals surface area (Å²) in [5, 5.41) is 11.2. The van der Waals surface area contributed by atoms with Crippen LogP contribution in [0.15, 0.2) is 54.1 Å². The van der Waals surface area contributed by atoms with Crippen molar-refractivity contribution in [3.8, 4) is 11.5 Å². The molecule has 1 N–H and O–H groups in total. The maximum absolute atomic E-state index is 13.2. The summed E-state index contributed by atoms with van der Waals surface area (Å²) in [5.41, 5.74) is 1.22. The molecule has 2 aromatic rings. The van der Waals surface area contributed by atoms with E-state index in [9.17, 15) is 14.7 Å². The van der Waals surface area contributed by atoms with Gasteiger partial charge in [-0.2, -0.15) is 0 Å². The molecule has 1 atom stereocenters. The number of benzene rings is 2. The van der Waals surface area contributed by atoms with Crippen LogP contribution < -0.4 is 9.47 Å². The van der Waals surface area contributed by atoms with Crippen LogP contribution in [0, 0.1) is 0 Å². The molecule has 34 heavy (non-hydrogen) atoms. The molecule has 182 valence electrons. The minimum absolute atomic E-state index is 0.0732. The van der Waals surface area contributed by atoms with Crippen LogP contribution in [0.25, 0.3) is 5.76 Å². The first-order chi connectivity index (χ1) is 16.2. The smallest absolute Gasteiger partial charge is 0.295 e. The fourth-order valence-corrected chi connectivity index (χ4v) is 4.57. The lowest BCUT2D eigenvalue weighted by atomic mass is 9.95. The normalized spacial score (nSPS) is 17.8. The van der Waals surface area contributed by atoms with Crippen molar-refractivity contribution >= 4 is 17.4 Å². The van der Waals surface area contributed by atoms with E-state index < -0.39 is 17.7 Å². The van der Waals surface area contributed by atoms with Gasteiger partial charge in [-0.05, 0) is 45.4 Å². The summed E-state index contributed by atoms with van der Waals surface area (Å²) in [6.45, 7) is 9.36. The first kappa shape index (κ1) is 25.3. The van der Waals surface area contributed by atoms with Gasteiger partial charge in [-0.25, -0.2) is 0 Å². The van der Waals surface area contributed by atoms with Crippen molar-refractivity contribution in [2.24, 2.45) is 0 Å². The fraction of sp³-hybridized carbons (Fsp3) is 0.407. The number of nitrogens with zero attached hydrogens (tertiary/aromatic N) is 2. The van der Waals surface area contributed by atoms with Crippen molar-refractivity contribution in [3.63, 3.8) is 0 Å². The zero-order valence-electron chi connectivity index (χ0n) is 20.7. The van der Waals surface area contributed by atoms with E-state index in [1.165, 1.54) is 7.11 Å². The number of methoxy groups -OCH3 is 2. The van der Waals surface area contributed by atoms with Crippen molar-refractivity contribution < 1.29 is 24.2 Å². The number of ketones is 1. The minimum atomic E-state index is -0.749. The molecule has 3 rings (SSSR count). The molecule has 0 spiro atoms. The lowest BCUT2D eigenvalue weighted by Crippen LogP contribution is -2.43. The van der Waals surface area contributed by atoms with Gasteiger partial charge in [-0.1, -0.05) is 36.4 Å². The van der Waals surface area contributed by atoms with Crippen molar-refractivity contribution in [1.29, 1.82) is 0 Å². The topological polar surface area (TPSA) is 79.3 Å². The Morgan fingerprint density at radius 3 is 2.15 bits per heavy atom. The van der Waals surface area contributed by atoms with Gasteiger partial charge in [-0.3, -0.25) is 14.5 Å². The summed E-state index contributed by atoms with van der Waals surface area (Å²) in [6.07, 6.45) is 0. The molecule has 0 unspecified atom stereocenters. The number of carbonyl (C=O) groups is 2. The molecule has 7 heteroatoms. The Morgan fingerprint density at radius 1 is 0.971 bits per heavy atom. The Labute approximate surface area is 201 Å². The third-order valence-corrected chi connectivity index (χ3v) is 6.24. The maximum Gasteiger partial charge on any atom is 0.295 e. The van der Waals surface area contributed by atoms with E-state index in [4.69, 9.17) is 9.47 Å². The van der Waals surface area contributed by atoms with Crippen molar-refractivity contribution in [1.82, 2.24) is 9.80 Å². The first-order valence-corrected chi connectivity index (χ1v) is 11.5. The van der Waals surface area contributed by atoms with Gasteiger partial charge in [0.25, 0.3) is 11.7 Å². The fourth-order valence-electron chi connectivity index (χ4n) is 4.57. The molecule has 2 aromatic carbocycles. The second-order valence-corrected chi connectivity index (χ2v) is 8.90. The zero-order chi connectivity index (χ0) is 25.0. The summed E-state index contributed by atoms with van der Waals surface area (Å²) < 4.78 is 10.8. The molecule has 1 fully saturated rings. The highest BCUT2D eigenvalue weighted by Crippen LogP contribution is 2.41. The molecule has 1 aliphatic rings. The molecule has 1 heterocycles. The standard InChI is InChI=1S/C27H34N2O5/c1-17(2)28(18(3)4)14-15-29-24(20-12-13-21(33-5)22(16-20)34-6)23(26(31)27(29)32)25(30)19-10-8-7-9-11-19/h7-13,16-18,24,30H,14-15H2,1-6H3/t24-/m1/s1. The Kier molecular flexibility index (Phi) is 7.99. The Morgan fingerprint density at radius 2 is 1.59 bits per heavy atom. The van der Waals surface area contributed by atoms with Gasteiger partial charge >= 0.3 is 0 Å². The molecular weight excluding hydrogens is 432 g/mol. The molecule has 0 aromatic heterocycles. The highest BCUT2D eigenvalue weighted by atomic mass is 16.5. The predicted octanol–water partition coefficient (Wildman–Crippen LogP) is 4.24. The molecule has 0 aliphatic carbocycles. The summed E-state index contributed by atoms with van der Waals surface area (Å²) in [5.74, 6) is -0.481. The van der Waals surface area contributed by atoms with Gasteiger partial charge < -0.3 is 19.5 Å². The molecule has 1 aliphatic heterocycles.